The number of Topliss-reactive ketones (excluding diaryl/α,β-unsaturated/α-hetero) is 1. The zero-order valence-corrected chi connectivity index (χ0v) is 13.1. The topological polar surface area (TPSA) is 92.5 Å². The molecule has 0 aromatic carbocycles. The lowest BCUT2D eigenvalue weighted by Gasteiger charge is -2.18. The first-order valence-electron chi connectivity index (χ1n) is 7.77. The van der Waals surface area contributed by atoms with Crippen LogP contribution in [0.4, 0.5) is 0 Å². The van der Waals surface area contributed by atoms with Gasteiger partial charge in [-0.2, -0.15) is 0 Å². The number of rotatable bonds is 7. The Morgan fingerprint density at radius 2 is 2.19 bits per heavy atom. The van der Waals surface area contributed by atoms with Crippen molar-refractivity contribution >= 4 is 17.6 Å². The molecule has 0 radical (unpaired) electrons. The third-order valence-corrected chi connectivity index (χ3v) is 3.90. The van der Waals surface area contributed by atoms with E-state index in [1.807, 2.05) is 0 Å². The van der Waals surface area contributed by atoms with Gasteiger partial charge >= 0.3 is 0 Å². The Balaban J connectivity index is 2.41. The molecule has 0 aromatic heterocycles. The van der Waals surface area contributed by atoms with E-state index in [2.05, 4.69) is 17.1 Å². The SMILES string of the molecule is CCCN1CCC[C@H](NC(=O)CCC(C)C(N)=O)C(=O)C1. The maximum Gasteiger partial charge on any atom is 0.220 e. The normalized spacial score (nSPS) is 21.6. The molecule has 120 valence electrons. The number of ketones is 1. The van der Waals surface area contributed by atoms with Crippen LogP contribution in [-0.2, 0) is 14.4 Å². The third-order valence-electron chi connectivity index (χ3n) is 3.90. The summed E-state index contributed by atoms with van der Waals surface area (Å²) >= 11 is 0. The molecule has 1 fully saturated rings. The number of amides is 2. The Morgan fingerprint density at radius 1 is 1.48 bits per heavy atom. The van der Waals surface area contributed by atoms with Gasteiger partial charge in [-0.15, -0.1) is 0 Å². The number of hydrogen-bond donors (Lipinski definition) is 2. The molecule has 0 bridgehead atoms. The Kier molecular flexibility index (Phi) is 7.36. The monoisotopic (exact) mass is 297 g/mol. The van der Waals surface area contributed by atoms with E-state index in [4.69, 9.17) is 5.73 Å². The summed E-state index contributed by atoms with van der Waals surface area (Å²) in [5, 5.41) is 2.80. The number of carbonyl (C=O) groups is 3. The second-order valence-electron chi connectivity index (χ2n) is 5.85. The predicted molar refractivity (Wildman–Crippen MR) is 80.5 cm³/mol. The summed E-state index contributed by atoms with van der Waals surface area (Å²) in [5.74, 6) is -0.813. The van der Waals surface area contributed by atoms with E-state index in [-0.39, 0.29) is 30.1 Å². The van der Waals surface area contributed by atoms with E-state index in [9.17, 15) is 14.4 Å². The molecule has 0 aromatic rings. The lowest BCUT2D eigenvalue weighted by molar-refractivity contribution is -0.128. The van der Waals surface area contributed by atoms with Crippen molar-refractivity contribution in [2.75, 3.05) is 19.6 Å². The van der Waals surface area contributed by atoms with Gasteiger partial charge in [-0.1, -0.05) is 13.8 Å². The van der Waals surface area contributed by atoms with Gasteiger partial charge in [-0.25, -0.2) is 0 Å². The van der Waals surface area contributed by atoms with Gasteiger partial charge in [0.15, 0.2) is 5.78 Å². The maximum absolute atomic E-state index is 12.2. The molecule has 1 unspecified atom stereocenters. The maximum atomic E-state index is 12.2. The lowest BCUT2D eigenvalue weighted by Crippen LogP contribution is -2.43. The summed E-state index contributed by atoms with van der Waals surface area (Å²) in [6.07, 6.45) is 3.27. The van der Waals surface area contributed by atoms with Crippen molar-refractivity contribution in [3.05, 3.63) is 0 Å². The molecule has 3 N–H and O–H groups in total. The molecule has 0 saturated carbocycles. The van der Waals surface area contributed by atoms with E-state index in [1.54, 1.807) is 6.92 Å². The highest BCUT2D eigenvalue weighted by Gasteiger charge is 2.25. The van der Waals surface area contributed by atoms with Gasteiger partial charge in [0, 0.05) is 12.3 Å². The van der Waals surface area contributed by atoms with Crippen LogP contribution < -0.4 is 11.1 Å². The zero-order chi connectivity index (χ0) is 15.8. The number of nitrogens with zero attached hydrogens (tertiary/aromatic N) is 1. The van der Waals surface area contributed by atoms with Crippen LogP contribution in [0.1, 0.15) is 46.0 Å². The van der Waals surface area contributed by atoms with Gasteiger partial charge in [-0.05, 0) is 38.8 Å². The van der Waals surface area contributed by atoms with Crippen LogP contribution in [0.2, 0.25) is 0 Å². The van der Waals surface area contributed by atoms with E-state index in [0.717, 1.165) is 25.9 Å². The van der Waals surface area contributed by atoms with Gasteiger partial charge in [0.1, 0.15) is 0 Å². The first kappa shape index (κ1) is 17.6. The van der Waals surface area contributed by atoms with Crippen molar-refractivity contribution < 1.29 is 14.4 Å². The second kappa shape index (κ2) is 8.77. The van der Waals surface area contributed by atoms with Crippen molar-refractivity contribution in [2.24, 2.45) is 11.7 Å². The molecule has 21 heavy (non-hydrogen) atoms. The van der Waals surface area contributed by atoms with E-state index < -0.39 is 5.91 Å². The van der Waals surface area contributed by atoms with Gasteiger partial charge in [0.25, 0.3) is 0 Å². The fraction of sp³-hybridized carbons (Fsp3) is 0.800. The number of nitrogens with two attached hydrogens (primary N) is 1. The van der Waals surface area contributed by atoms with Crippen LogP contribution >= 0.6 is 0 Å². The van der Waals surface area contributed by atoms with Gasteiger partial charge < -0.3 is 11.1 Å². The first-order valence-corrected chi connectivity index (χ1v) is 7.77. The smallest absolute Gasteiger partial charge is 0.220 e. The van der Waals surface area contributed by atoms with Crippen molar-refractivity contribution in [1.82, 2.24) is 10.2 Å². The molecule has 1 aliphatic rings. The molecule has 6 heteroatoms. The van der Waals surface area contributed by atoms with Crippen LogP contribution in [0, 0.1) is 5.92 Å². The molecule has 1 rings (SSSR count). The van der Waals surface area contributed by atoms with Gasteiger partial charge in [0.2, 0.25) is 11.8 Å². The molecule has 2 amide bonds. The number of likely N-dealkylation sites (tertiary alicyclic amines) is 1. The fourth-order valence-electron chi connectivity index (χ4n) is 2.51. The summed E-state index contributed by atoms with van der Waals surface area (Å²) in [4.78, 5) is 37.1. The van der Waals surface area contributed by atoms with Crippen molar-refractivity contribution in [1.29, 1.82) is 0 Å². The highest BCUT2D eigenvalue weighted by atomic mass is 16.2. The molecule has 0 aliphatic carbocycles. The number of hydrogen-bond acceptors (Lipinski definition) is 4. The van der Waals surface area contributed by atoms with Crippen LogP contribution in [-0.4, -0.2) is 48.2 Å². The average molecular weight is 297 g/mol. The zero-order valence-electron chi connectivity index (χ0n) is 13.1. The summed E-state index contributed by atoms with van der Waals surface area (Å²) in [5.41, 5.74) is 5.16. The Labute approximate surface area is 126 Å². The van der Waals surface area contributed by atoms with Crippen molar-refractivity contribution in [2.45, 2.75) is 52.0 Å². The molecule has 0 spiro atoms. The van der Waals surface area contributed by atoms with Crippen molar-refractivity contribution in [3.63, 3.8) is 0 Å². The summed E-state index contributed by atoms with van der Waals surface area (Å²) in [6, 6.07) is -0.386. The molecular weight excluding hydrogens is 270 g/mol. The molecule has 1 saturated heterocycles. The predicted octanol–water partition coefficient (Wildman–Crippen LogP) is 0.448. The third kappa shape index (κ3) is 6.25. The number of primary amides is 1. The highest BCUT2D eigenvalue weighted by molar-refractivity contribution is 5.90. The minimum Gasteiger partial charge on any atom is -0.369 e. The van der Waals surface area contributed by atoms with Gasteiger partial charge in [0.05, 0.1) is 12.6 Å². The first-order chi connectivity index (χ1) is 9.93. The quantitative estimate of drug-likeness (QED) is 0.713. The Hall–Kier alpha value is -1.43. The largest absolute Gasteiger partial charge is 0.369 e. The summed E-state index contributed by atoms with van der Waals surface area (Å²) in [7, 11) is 0. The van der Waals surface area contributed by atoms with Crippen LogP contribution in [0.15, 0.2) is 0 Å². The van der Waals surface area contributed by atoms with Crippen LogP contribution in [0.25, 0.3) is 0 Å². The van der Waals surface area contributed by atoms with Crippen LogP contribution in [0.3, 0.4) is 0 Å². The standard InChI is InChI=1S/C15H27N3O3/c1-3-8-18-9-4-5-12(13(19)10-18)17-14(20)7-6-11(2)15(16)21/h11-12H,3-10H2,1-2H3,(H2,16,21)(H,17,20)/t11?,12-/m0/s1. The minimum atomic E-state index is -0.399. The molecule has 6 nitrogen and oxygen atoms in total. The summed E-state index contributed by atoms with van der Waals surface area (Å²) in [6.45, 7) is 6.03. The average Bonchev–Trinajstić information content (AvgIpc) is 2.59. The van der Waals surface area contributed by atoms with Gasteiger partial charge in [-0.3, -0.25) is 19.3 Å². The molecule has 2 atom stereocenters. The van der Waals surface area contributed by atoms with E-state index >= 15 is 0 Å². The Morgan fingerprint density at radius 3 is 2.81 bits per heavy atom. The summed E-state index contributed by atoms with van der Waals surface area (Å²) < 4.78 is 0. The molecule has 1 heterocycles. The molecule has 1 aliphatic heterocycles. The van der Waals surface area contributed by atoms with E-state index in [0.29, 0.717) is 19.4 Å². The van der Waals surface area contributed by atoms with E-state index in [1.165, 1.54) is 0 Å². The fourth-order valence-corrected chi connectivity index (χ4v) is 2.51. The highest BCUT2D eigenvalue weighted by Crippen LogP contribution is 2.10. The Bertz CT molecular complexity index is 384. The van der Waals surface area contributed by atoms with Crippen molar-refractivity contribution in [3.8, 4) is 0 Å². The molecular formula is C15H27N3O3. The minimum absolute atomic E-state index is 0.0808. The number of carbonyl (C=O) groups excluding carboxylic acids is 3. The van der Waals surface area contributed by atoms with Crippen LogP contribution in [0.5, 0.6) is 0 Å². The second-order valence-corrected chi connectivity index (χ2v) is 5.85. The number of nitrogens with one attached hydrogen (secondary N) is 1. The lowest BCUT2D eigenvalue weighted by atomic mass is 10.0.